The predicted octanol–water partition coefficient (Wildman–Crippen LogP) is 3.71. The van der Waals surface area contributed by atoms with E-state index in [-0.39, 0.29) is 18.5 Å². The summed E-state index contributed by atoms with van der Waals surface area (Å²) in [6.45, 7) is 3.78. The third-order valence-corrected chi connectivity index (χ3v) is 5.08. The fourth-order valence-corrected chi connectivity index (χ4v) is 3.63. The van der Waals surface area contributed by atoms with Gasteiger partial charge in [-0.05, 0) is 73.7 Å². The summed E-state index contributed by atoms with van der Waals surface area (Å²) >= 11 is 0. The van der Waals surface area contributed by atoms with Gasteiger partial charge < -0.3 is 20.6 Å². The molecule has 1 atom stereocenters. The molecule has 0 spiro atoms. The molecule has 0 bridgehead atoms. The van der Waals surface area contributed by atoms with Crippen molar-refractivity contribution < 1.29 is 14.3 Å². The summed E-state index contributed by atoms with van der Waals surface area (Å²) in [7, 11) is 0. The third-order valence-electron chi connectivity index (χ3n) is 5.08. The van der Waals surface area contributed by atoms with E-state index in [9.17, 15) is 14.3 Å². The molecular formula is C22H28FN3O2. The van der Waals surface area contributed by atoms with E-state index in [4.69, 9.17) is 0 Å². The average Bonchev–Trinajstić information content (AvgIpc) is 2.71. The van der Waals surface area contributed by atoms with Crippen LogP contribution in [0.5, 0.6) is 0 Å². The van der Waals surface area contributed by atoms with E-state index < -0.39 is 0 Å². The normalized spacial score (nSPS) is 17.3. The Labute approximate surface area is 165 Å². The summed E-state index contributed by atoms with van der Waals surface area (Å²) in [6.07, 6.45) is 3.10. The second kappa shape index (κ2) is 10.2. The summed E-state index contributed by atoms with van der Waals surface area (Å²) in [4.78, 5) is 14.5. The smallest absolute Gasteiger partial charge is 0.319 e. The number of halogens is 1. The first kappa shape index (κ1) is 20.3. The quantitative estimate of drug-likeness (QED) is 0.637. The van der Waals surface area contributed by atoms with Gasteiger partial charge in [-0.1, -0.05) is 24.3 Å². The molecule has 1 saturated heterocycles. The van der Waals surface area contributed by atoms with Crippen molar-refractivity contribution in [3.8, 4) is 11.1 Å². The fourth-order valence-electron chi connectivity index (χ4n) is 3.63. The number of benzene rings is 2. The number of nitrogens with one attached hydrogen (secondary N) is 2. The van der Waals surface area contributed by atoms with Crippen LogP contribution in [0.3, 0.4) is 0 Å². The maximum absolute atomic E-state index is 13.4. The number of hydrogen-bond donors (Lipinski definition) is 3. The molecule has 150 valence electrons. The van der Waals surface area contributed by atoms with Gasteiger partial charge in [-0.25, -0.2) is 9.18 Å². The van der Waals surface area contributed by atoms with Crippen molar-refractivity contribution in [3.63, 3.8) is 0 Å². The number of carbonyl (C=O) groups excluding carboxylic acids is 1. The van der Waals surface area contributed by atoms with E-state index >= 15 is 0 Å². The van der Waals surface area contributed by atoms with Gasteiger partial charge >= 0.3 is 6.03 Å². The number of amides is 2. The minimum Gasteiger partial charge on any atom is -0.396 e. The van der Waals surface area contributed by atoms with Gasteiger partial charge in [-0.15, -0.1) is 0 Å². The molecule has 1 unspecified atom stereocenters. The van der Waals surface area contributed by atoms with Crippen LogP contribution in [-0.4, -0.2) is 48.8 Å². The molecule has 1 heterocycles. The minimum atomic E-state index is -0.285. The van der Waals surface area contributed by atoms with E-state index in [2.05, 4.69) is 15.5 Å². The highest BCUT2D eigenvalue weighted by Gasteiger charge is 2.18. The van der Waals surface area contributed by atoms with Crippen LogP contribution in [0.25, 0.3) is 11.1 Å². The van der Waals surface area contributed by atoms with Crippen molar-refractivity contribution in [2.75, 3.05) is 38.1 Å². The zero-order chi connectivity index (χ0) is 19.8. The van der Waals surface area contributed by atoms with E-state index in [1.807, 2.05) is 30.3 Å². The highest BCUT2D eigenvalue weighted by atomic mass is 19.1. The summed E-state index contributed by atoms with van der Waals surface area (Å²) in [6, 6.07) is 13.5. The lowest BCUT2D eigenvalue weighted by Crippen LogP contribution is -2.38. The number of aliphatic hydroxyl groups is 1. The van der Waals surface area contributed by atoms with Gasteiger partial charge in [-0.3, -0.25) is 0 Å². The first-order chi connectivity index (χ1) is 13.6. The number of nitrogens with zero attached hydrogens (tertiary/aromatic N) is 1. The van der Waals surface area contributed by atoms with Crippen LogP contribution in [0, 0.1) is 11.7 Å². The van der Waals surface area contributed by atoms with Crippen molar-refractivity contribution in [1.82, 2.24) is 10.2 Å². The molecule has 1 aliphatic heterocycles. The van der Waals surface area contributed by atoms with Crippen molar-refractivity contribution in [3.05, 3.63) is 54.3 Å². The van der Waals surface area contributed by atoms with Crippen molar-refractivity contribution in [1.29, 1.82) is 0 Å². The highest BCUT2D eigenvalue weighted by Crippen LogP contribution is 2.23. The number of aliphatic hydroxyl groups excluding tert-OH is 1. The van der Waals surface area contributed by atoms with Gasteiger partial charge in [-0.2, -0.15) is 0 Å². The Morgan fingerprint density at radius 2 is 1.96 bits per heavy atom. The number of likely N-dealkylation sites (tertiary alicyclic amines) is 1. The van der Waals surface area contributed by atoms with Gasteiger partial charge in [0.25, 0.3) is 0 Å². The Bertz CT molecular complexity index is 784. The van der Waals surface area contributed by atoms with E-state index in [0.29, 0.717) is 18.2 Å². The number of urea groups is 1. The average molecular weight is 385 g/mol. The molecule has 1 fully saturated rings. The lowest BCUT2D eigenvalue weighted by molar-refractivity contribution is 0.120. The molecular weight excluding hydrogens is 357 g/mol. The maximum atomic E-state index is 13.4. The zero-order valence-electron chi connectivity index (χ0n) is 16.0. The molecule has 0 saturated carbocycles. The van der Waals surface area contributed by atoms with Crippen LogP contribution in [-0.2, 0) is 0 Å². The Morgan fingerprint density at radius 1 is 1.18 bits per heavy atom. The molecule has 2 amide bonds. The van der Waals surface area contributed by atoms with Gasteiger partial charge in [0.1, 0.15) is 5.82 Å². The van der Waals surface area contributed by atoms with Crippen LogP contribution in [0.1, 0.15) is 19.3 Å². The Hall–Kier alpha value is -2.44. The molecule has 0 aromatic heterocycles. The minimum absolute atomic E-state index is 0.247. The van der Waals surface area contributed by atoms with Crippen LogP contribution in [0.4, 0.5) is 14.9 Å². The number of anilines is 1. The molecule has 0 radical (unpaired) electrons. The summed E-state index contributed by atoms with van der Waals surface area (Å²) in [5, 5.41) is 15.0. The monoisotopic (exact) mass is 385 g/mol. The van der Waals surface area contributed by atoms with E-state index in [1.165, 1.54) is 12.1 Å². The maximum Gasteiger partial charge on any atom is 0.319 e. The van der Waals surface area contributed by atoms with Crippen LogP contribution < -0.4 is 10.6 Å². The van der Waals surface area contributed by atoms with Crippen molar-refractivity contribution in [2.24, 2.45) is 5.92 Å². The number of rotatable bonds is 7. The first-order valence-electron chi connectivity index (χ1n) is 9.88. The number of piperidine rings is 1. The molecule has 6 heteroatoms. The summed E-state index contributed by atoms with van der Waals surface area (Å²) in [5.41, 5.74) is 2.29. The molecule has 2 aromatic rings. The second-order valence-electron chi connectivity index (χ2n) is 7.32. The van der Waals surface area contributed by atoms with E-state index in [0.717, 1.165) is 50.0 Å². The standard InChI is InChI=1S/C22H28FN3O2/c23-20-8-1-6-18(13-20)19-7-2-9-21(14-19)25-22(28)24-10-4-12-26-11-3-5-17(15-26)16-27/h1-2,6-9,13-14,17,27H,3-5,10-12,15-16H2,(H2,24,25,28). The lowest BCUT2D eigenvalue weighted by Gasteiger charge is -2.31. The lowest BCUT2D eigenvalue weighted by atomic mass is 9.99. The molecule has 28 heavy (non-hydrogen) atoms. The molecule has 1 aliphatic rings. The second-order valence-corrected chi connectivity index (χ2v) is 7.32. The molecule has 3 rings (SSSR count). The Kier molecular flexibility index (Phi) is 7.39. The molecule has 5 nitrogen and oxygen atoms in total. The van der Waals surface area contributed by atoms with Gasteiger partial charge in [0.05, 0.1) is 0 Å². The van der Waals surface area contributed by atoms with Gasteiger partial charge in [0.2, 0.25) is 0 Å². The number of carbonyl (C=O) groups is 1. The highest BCUT2D eigenvalue weighted by molar-refractivity contribution is 5.90. The zero-order valence-corrected chi connectivity index (χ0v) is 16.0. The largest absolute Gasteiger partial charge is 0.396 e. The molecule has 3 N–H and O–H groups in total. The van der Waals surface area contributed by atoms with Crippen LogP contribution in [0.2, 0.25) is 0 Å². The SMILES string of the molecule is O=C(NCCCN1CCCC(CO)C1)Nc1cccc(-c2cccc(F)c2)c1. The molecule has 2 aromatic carbocycles. The summed E-state index contributed by atoms with van der Waals surface area (Å²) < 4.78 is 13.4. The Balaban J connectivity index is 1.43. The van der Waals surface area contributed by atoms with Gasteiger partial charge in [0, 0.05) is 25.4 Å². The summed E-state index contributed by atoms with van der Waals surface area (Å²) in [5.74, 6) is 0.1000. The predicted molar refractivity (Wildman–Crippen MR) is 110 cm³/mol. The topological polar surface area (TPSA) is 64.6 Å². The van der Waals surface area contributed by atoms with E-state index in [1.54, 1.807) is 6.07 Å². The van der Waals surface area contributed by atoms with Crippen molar-refractivity contribution >= 4 is 11.7 Å². The van der Waals surface area contributed by atoms with Crippen LogP contribution in [0.15, 0.2) is 48.5 Å². The van der Waals surface area contributed by atoms with Gasteiger partial charge in [0.15, 0.2) is 0 Å². The van der Waals surface area contributed by atoms with Crippen LogP contribution >= 0.6 is 0 Å². The fraction of sp³-hybridized carbons (Fsp3) is 0.409. The van der Waals surface area contributed by atoms with Crippen molar-refractivity contribution in [2.45, 2.75) is 19.3 Å². The Morgan fingerprint density at radius 3 is 2.75 bits per heavy atom. The number of hydrogen-bond acceptors (Lipinski definition) is 3. The molecule has 0 aliphatic carbocycles. The third kappa shape index (κ3) is 6.04. The first-order valence-corrected chi connectivity index (χ1v) is 9.88.